The van der Waals surface area contributed by atoms with Crippen molar-refractivity contribution in [3.63, 3.8) is 0 Å². The minimum Gasteiger partial charge on any atom is -0.459 e. The van der Waals surface area contributed by atoms with Gasteiger partial charge in [0, 0.05) is 44.5 Å². The Balaban J connectivity index is 3.35. The molecular weight excluding hydrogens is 642 g/mol. The van der Waals surface area contributed by atoms with Crippen molar-refractivity contribution in [2.45, 2.75) is 118 Å². The molecule has 0 bridgehead atoms. The fraction of sp³-hybridized carbons (Fsp3) is 0.730. The molecule has 0 amide bonds. The third kappa shape index (κ3) is 23.2. The van der Waals surface area contributed by atoms with Gasteiger partial charge in [0.25, 0.3) is 0 Å². The number of anilines is 1. The first-order valence-corrected chi connectivity index (χ1v) is 17.4. The van der Waals surface area contributed by atoms with Crippen LogP contribution in [0.5, 0.6) is 0 Å². The number of nitrogens with one attached hydrogen (secondary N) is 2. The number of carbonyl (C=O) groups excluding carboxylic acids is 4. The second-order valence-corrected chi connectivity index (χ2v) is 16.5. The normalized spacial score (nSPS) is 13.2. The Bertz CT molecular complexity index is 1140. The van der Waals surface area contributed by atoms with E-state index in [4.69, 9.17) is 24.7 Å². The molecule has 0 heterocycles. The molecule has 0 aliphatic rings. The molecule has 4 N–H and O–H groups in total. The van der Waals surface area contributed by atoms with Crippen LogP contribution in [0.3, 0.4) is 0 Å². The van der Waals surface area contributed by atoms with E-state index in [9.17, 15) is 19.2 Å². The van der Waals surface area contributed by atoms with Gasteiger partial charge in [0.1, 0.15) is 22.4 Å². The van der Waals surface area contributed by atoms with E-state index < -0.39 is 34.3 Å². The average molecular weight is 708 g/mol. The predicted molar refractivity (Wildman–Crippen MR) is 195 cm³/mol. The summed E-state index contributed by atoms with van der Waals surface area (Å²) in [6, 6.07) is 7.14. The maximum absolute atomic E-state index is 13.2. The molecule has 0 aliphatic heterocycles. The van der Waals surface area contributed by atoms with E-state index in [0.29, 0.717) is 44.8 Å². The van der Waals surface area contributed by atoms with Gasteiger partial charge in [-0.25, -0.2) is 0 Å². The molecule has 0 aliphatic carbocycles. The van der Waals surface area contributed by atoms with Gasteiger partial charge in [0.2, 0.25) is 0 Å². The Hall–Kier alpha value is -3.26. The Kier molecular flexibility index (Phi) is 17.9. The van der Waals surface area contributed by atoms with Crippen LogP contribution >= 0.6 is 0 Å². The third-order valence-corrected chi connectivity index (χ3v) is 6.53. The third-order valence-electron chi connectivity index (χ3n) is 6.53. The monoisotopic (exact) mass is 707 g/mol. The van der Waals surface area contributed by atoms with Crippen LogP contribution in [0, 0.1) is 0 Å². The zero-order chi connectivity index (χ0) is 38.3. The second kappa shape index (κ2) is 20.0. The number of ether oxygens (including phenoxy) is 4. The fourth-order valence-electron chi connectivity index (χ4n) is 4.83. The lowest BCUT2D eigenvalue weighted by atomic mass is 10.0. The highest BCUT2D eigenvalue weighted by Gasteiger charge is 2.30. The van der Waals surface area contributed by atoms with Crippen LogP contribution in [0.15, 0.2) is 24.3 Å². The lowest BCUT2D eigenvalue weighted by molar-refractivity contribution is -0.161. The Morgan fingerprint density at radius 1 is 0.620 bits per heavy atom. The topological polar surface area (TPSA) is 162 Å². The molecule has 1 unspecified atom stereocenters. The lowest BCUT2D eigenvalue weighted by Gasteiger charge is -2.36. The number of rotatable bonds is 19. The zero-order valence-electron chi connectivity index (χ0n) is 32.7. The largest absolute Gasteiger partial charge is 0.459 e. The molecule has 1 aromatic rings. The van der Waals surface area contributed by atoms with Crippen LogP contribution in [0.4, 0.5) is 5.69 Å². The molecule has 50 heavy (non-hydrogen) atoms. The Morgan fingerprint density at radius 3 is 1.34 bits per heavy atom. The van der Waals surface area contributed by atoms with E-state index in [1.807, 2.05) is 65.8 Å². The van der Waals surface area contributed by atoms with Crippen molar-refractivity contribution >= 4 is 29.6 Å². The number of hydrogen-bond donors (Lipinski definition) is 3. The fourth-order valence-corrected chi connectivity index (χ4v) is 4.83. The molecule has 13 nitrogen and oxygen atoms in total. The zero-order valence-corrected chi connectivity index (χ0v) is 32.7. The highest BCUT2D eigenvalue weighted by molar-refractivity contribution is 5.75. The van der Waals surface area contributed by atoms with Crippen molar-refractivity contribution < 1.29 is 38.1 Å². The number of hydrogen-bond acceptors (Lipinski definition) is 13. The van der Waals surface area contributed by atoms with Crippen LogP contribution in [0.25, 0.3) is 0 Å². The number of nitrogen functional groups attached to an aromatic ring is 1. The first-order valence-electron chi connectivity index (χ1n) is 17.4. The van der Waals surface area contributed by atoms with Crippen LogP contribution in [0.2, 0.25) is 0 Å². The molecule has 13 heteroatoms. The van der Waals surface area contributed by atoms with E-state index in [-0.39, 0.29) is 44.2 Å². The van der Waals surface area contributed by atoms with Gasteiger partial charge in [0.15, 0.2) is 0 Å². The summed E-state index contributed by atoms with van der Waals surface area (Å²) in [5, 5.41) is 6.32. The number of nitrogens with two attached hydrogens (primary N) is 1. The first-order chi connectivity index (χ1) is 22.8. The van der Waals surface area contributed by atoms with Crippen molar-refractivity contribution in [2.75, 3.05) is 64.6 Å². The average Bonchev–Trinajstić information content (AvgIpc) is 2.89. The van der Waals surface area contributed by atoms with Gasteiger partial charge in [-0.2, -0.15) is 0 Å². The first kappa shape index (κ1) is 44.8. The molecule has 286 valence electrons. The molecule has 1 aromatic carbocycles. The summed E-state index contributed by atoms with van der Waals surface area (Å²) in [5.41, 5.74) is 4.95. The molecule has 1 atom stereocenters. The summed E-state index contributed by atoms with van der Waals surface area (Å²) in [5.74, 6) is -1.64. The van der Waals surface area contributed by atoms with Crippen LogP contribution in [0.1, 0.15) is 88.6 Å². The number of benzene rings is 1. The van der Waals surface area contributed by atoms with Gasteiger partial charge in [-0.3, -0.25) is 29.0 Å². The summed E-state index contributed by atoms with van der Waals surface area (Å²) in [7, 11) is 0. The van der Waals surface area contributed by atoms with Gasteiger partial charge >= 0.3 is 23.9 Å². The van der Waals surface area contributed by atoms with E-state index in [2.05, 4.69) is 15.5 Å². The van der Waals surface area contributed by atoms with Crippen molar-refractivity contribution in [1.29, 1.82) is 0 Å². The standard InChI is InChI=1S/C37H65N5O8/c1-34(2,3)47-30(43)22-39-17-19-41(20-18-40-23-31(44)48-35(4,5)6)24-29(21-27-13-15-28(38)16-14-27)42(25-32(45)49-36(7,8)9)26-33(46)50-37(10,11)12/h13-16,29,39-40H,17-26,38H2,1-12H3. The lowest BCUT2D eigenvalue weighted by Crippen LogP contribution is -2.52. The van der Waals surface area contributed by atoms with Gasteiger partial charge in [0.05, 0.1) is 26.2 Å². The highest BCUT2D eigenvalue weighted by Crippen LogP contribution is 2.17. The van der Waals surface area contributed by atoms with Gasteiger partial charge in [-0.1, -0.05) is 12.1 Å². The maximum Gasteiger partial charge on any atom is 0.320 e. The van der Waals surface area contributed by atoms with E-state index in [0.717, 1.165) is 5.56 Å². The highest BCUT2D eigenvalue weighted by atomic mass is 16.6. The number of nitrogens with zero attached hydrogens (tertiary/aromatic N) is 2. The molecular formula is C37H65N5O8. The van der Waals surface area contributed by atoms with E-state index >= 15 is 0 Å². The Morgan fingerprint density at radius 2 is 0.980 bits per heavy atom. The molecule has 0 aromatic heterocycles. The molecule has 0 spiro atoms. The minimum absolute atomic E-state index is 0.0419. The van der Waals surface area contributed by atoms with Gasteiger partial charge in [-0.05, 0) is 107 Å². The van der Waals surface area contributed by atoms with Crippen LogP contribution < -0.4 is 16.4 Å². The van der Waals surface area contributed by atoms with E-state index in [1.54, 1.807) is 46.4 Å². The summed E-state index contributed by atoms with van der Waals surface area (Å²) < 4.78 is 22.2. The van der Waals surface area contributed by atoms with Crippen LogP contribution in [-0.4, -0.2) is 121 Å². The molecule has 0 radical (unpaired) electrons. The smallest absolute Gasteiger partial charge is 0.320 e. The molecule has 0 saturated carbocycles. The van der Waals surface area contributed by atoms with Crippen molar-refractivity contribution in [3.05, 3.63) is 29.8 Å². The molecule has 0 fully saturated rings. The van der Waals surface area contributed by atoms with Gasteiger partial charge < -0.3 is 35.3 Å². The number of esters is 4. The van der Waals surface area contributed by atoms with Crippen LogP contribution in [-0.2, 0) is 44.5 Å². The quantitative estimate of drug-likeness (QED) is 0.0832. The molecule has 1 rings (SSSR count). The maximum atomic E-state index is 13.2. The Labute approximate surface area is 300 Å². The predicted octanol–water partition coefficient (Wildman–Crippen LogP) is 3.33. The van der Waals surface area contributed by atoms with Crippen molar-refractivity contribution in [1.82, 2.24) is 20.4 Å². The summed E-state index contributed by atoms with van der Waals surface area (Å²) in [4.78, 5) is 55.0. The second-order valence-electron chi connectivity index (χ2n) is 16.5. The minimum atomic E-state index is -0.715. The summed E-state index contributed by atoms with van der Waals surface area (Å²) in [6.07, 6.45) is 0.485. The SMILES string of the molecule is CC(C)(C)OC(=O)CNCCN(CCNCC(=O)OC(C)(C)C)CC(Cc1ccc(N)cc1)N(CC(=O)OC(C)(C)C)CC(=O)OC(C)(C)C. The van der Waals surface area contributed by atoms with E-state index in [1.165, 1.54) is 0 Å². The summed E-state index contributed by atoms with van der Waals surface area (Å²) >= 11 is 0. The van der Waals surface area contributed by atoms with Crippen molar-refractivity contribution in [3.8, 4) is 0 Å². The molecule has 0 saturated heterocycles. The van der Waals surface area contributed by atoms with Gasteiger partial charge in [-0.15, -0.1) is 0 Å². The van der Waals surface area contributed by atoms with Crippen molar-refractivity contribution in [2.24, 2.45) is 0 Å². The summed E-state index contributed by atoms with van der Waals surface area (Å²) in [6.45, 7) is 23.9. The number of carbonyl (C=O) groups is 4.